The number of amides is 1. The summed E-state index contributed by atoms with van der Waals surface area (Å²) in [4.78, 5) is 12.2. The minimum atomic E-state index is 0.0583. The standard InChI is InChI=1S/C11H20N2OS2/c1-8(6-10(12)15)13-11(14)7-9-2-4-16-5-3-9/h8-9H,2-7H2,1H3,(H2,12,15)(H,13,14). The van der Waals surface area contributed by atoms with Crippen molar-refractivity contribution >= 4 is 34.9 Å². The van der Waals surface area contributed by atoms with Gasteiger partial charge in [-0.1, -0.05) is 12.2 Å². The monoisotopic (exact) mass is 260 g/mol. The van der Waals surface area contributed by atoms with Crippen molar-refractivity contribution in [3.63, 3.8) is 0 Å². The fourth-order valence-electron chi connectivity index (χ4n) is 1.90. The van der Waals surface area contributed by atoms with Crippen LogP contribution in [0.25, 0.3) is 0 Å². The number of nitrogens with two attached hydrogens (primary N) is 1. The molecule has 0 aromatic carbocycles. The first-order valence-electron chi connectivity index (χ1n) is 5.73. The molecular weight excluding hydrogens is 240 g/mol. The number of hydrogen-bond donors (Lipinski definition) is 2. The molecule has 0 aromatic rings. The van der Waals surface area contributed by atoms with E-state index in [0.717, 1.165) is 0 Å². The van der Waals surface area contributed by atoms with Crippen LogP contribution in [0.3, 0.4) is 0 Å². The third-order valence-electron chi connectivity index (χ3n) is 2.73. The number of hydrogen-bond acceptors (Lipinski definition) is 3. The molecule has 5 heteroatoms. The van der Waals surface area contributed by atoms with Crippen LogP contribution in [-0.2, 0) is 4.79 Å². The van der Waals surface area contributed by atoms with E-state index in [1.54, 1.807) is 0 Å². The van der Waals surface area contributed by atoms with Crippen molar-refractivity contribution in [2.75, 3.05) is 11.5 Å². The summed E-state index contributed by atoms with van der Waals surface area (Å²) < 4.78 is 0. The third kappa shape index (κ3) is 5.70. The average molecular weight is 260 g/mol. The van der Waals surface area contributed by atoms with Crippen molar-refractivity contribution in [3.8, 4) is 0 Å². The summed E-state index contributed by atoms with van der Waals surface area (Å²) >= 11 is 6.79. The highest BCUT2D eigenvalue weighted by Crippen LogP contribution is 2.25. The van der Waals surface area contributed by atoms with Crippen LogP contribution in [0.1, 0.15) is 32.6 Å². The van der Waals surface area contributed by atoms with Gasteiger partial charge in [0, 0.05) is 18.9 Å². The second-order valence-corrected chi connectivity index (χ2v) is 6.15. The molecule has 1 unspecified atom stereocenters. The van der Waals surface area contributed by atoms with Crippen LogP contribution in [-0.4, -0.2) is 28.4 Å². The Hall–Kier alpha value is -0.290. The van der Waals surface area contributed by atoms with Gasteiger partial charge in [-0.05, 0) is 37.2 Å². The van der Waals surface area contributed by atoms with Crippen molar-refractivity contribution in [1.29, 1.82) is 0 Å². The second-order valence-electron chi connectivity index (χ2n) is 4.40. The van der Waals surface area contributed by atoms with Gasteiger partial charge in [0.05, 0.1) is 4.99 Å². The number of thiocarbonyl (C=S) groups is 1. The number of carbonyl (C=O) groups is 1. The van der Waals surface area contributed by atoms with Crippen LogP contribution in [0.2, 0.25) is 0 Å². The van der Waals surface area contributed by atoms with Gasteiger partial charge in [-0.3, -0.25) is 4.79 Å². The van der Waals surface area contributed by atoms with E-state index in [2.05, 4.69) is 5.32 Å². The topological polar surface area (TPSA) is 55.1 Å². The maximum Gasteiger partial charge on any atom is 0.220 e. The van der Waals surface area contributed by atoms with E-state index < -0.39 is 0 Å². The molecule has 1 aliphatic rings. The van der Waals surface area contributed by atoms with E-state index in [-0.39, 0.29) is 11.9 Å². The van der Waals surface area contributed by atoms with Gasteiger partial charge in [0.15, 0.2) is 0 Å². The first-order chi connectivity index (χ1) is 7.58. The molecule has 1 amide bonds. The lowest BCUT2D eigenvalue weighted by Crippen LogP contribution is -2.36. The lowest BCUT2D eigenvalue weighted by molar-refractivity contribution is -0.122. The molecule has 1 heterocycles. The van der Waals surface area contributed by atoms with Gasteiger partial charge in [0.25, 0.3) is 0 Å². The molecule has 3 nitrogen and oxygen atoms in total. The summed E-state index contributed by atoms with van der Waals surface area (Å²) in [5.74, 6) is 3.10. The van der Waals surface area contributed by atoms with Gasteiger partial charge < -0.3 is 11.1 Å². The molecule has 1 saturated heterocycles. The number of rotatable bonds is 5. The Morgan fingerprint density at radius 1 is 1.56 bits per heavy atom. The molecule has 0 spiro atoms. The van der Waals surface area contributed by atoms with Crippen molar-refractivity contribution in [1.82, 2.24) is 5.32 Å². The van der Waals surface area contributed by atoms with Crippen molar-refractivity contribution < 1.29 is 4.79 Å². The normalized spacial score (nSPS) is 19.1. The largest absolute Gasteiger partial charge is 0.393 e. The summed E-state index contributed by atoms with van der Waals surface area (Å²) in [5, 5.41) is 2.95. The van der Waals surface area contributed by atoms with Crippen LogP contribution in [0.15, 0.2) is 0 Å². The maximum absolute atomic E-state index is 11.7. The zero-order chi connectivity index (χ0) is 12.0. The van der Waals surface area contributed by atoms with E-state index >= 15 is 0 Å². The SMILES string of the molecule is CC(CC(N)=S)NC(=O)CC1CCSCC1. The minimum absolute atomic E-state index is 0.0583. The molecule has 0 aliphatic carbocycles. The lowest BCUT2D eigenvalue weighted by Gasteiger charge is -2.21. The molecule has 1 atom stereocenters. The van der Waals surface area contributed by atoms with Crippen LogP contribution in [0.4, 0.5) is 0 Å². The minimum Gasteiger partial charge on any atom is -0.393 e. The fourth-order valence-corrected chi connectivity index (χ4v) is 3.35. The molecule has 16 heavy (non-hydrogen) atoms. The van der Waals surface area contributed by atoms with E-state index in [0.29, 0.717) is 23.7 Å². The Morgan fingerprint density at radius 2 is 2.19 bits per heavy atom. The predicted molar refractivity (Wildman–Crippen MR) is 73.7 cm³/mol. The van der Waals surface area contributed by atoms with E-state index in [4.69, 9.17) is 18.0 Å². The number of nitrogens with one attached hydrogen (secondary N) is 1. The van der Waals surface area contributed by atoms with Gasteiger partial charge in [-0.15, -0.1) is 0 Å². The van der Waals surface area contributed by atoms with Crippen LogP contribution < -0.4 is 11.1 Å². The number of carbonyl (C=O) groups excluding carboxylic acids is 1. The van der Waals surface area contributed by atoms with Gasteiger partial charge >= 0.3 is 0 Å². The van der Waals surface area contributed by atoms with E-state index in [1.165, 1.54) is 24.3 Å². The summed E-state index contributed by atoms with van der Waals surface area (Å²) in [7, 11) is 0. The Bertz CT molecular complexity index is 252. The van der Waals surface area contributed by atoms with Gasteiger partial charge in [0.2, 0.25) is 5.91 Å². The summed E-state index contributed by atoms with van der Waals surface area (Å²) in [6.45, 7) is 1.94. The lowest BCUT2D eigenvalue weighted by atomic mass is 9.98. The molecule has 92 valence electrons. The van der Waals surface area contributed by atoms with Crippen molar-refractivity contribution in [2.45, 2.75) is 38.6 Å². The van der Waals surface area contributed by atoms with Crippen LogP contribution in [0, 0.1) is 5.92 Å². The Labute approximate surface area is 107 Å². The van der Waals surface area contributed by atoms with Crippen LogP contribution >= 0.6 is 24.0 Å². The van der Waals surface area contributed by atoms with E-state index in [1.807, 2.05) is 18.7 Å². The molecule has 1 rings (SSSR count). The quantitative estimate of drug-likeness (QED) is 0.739. The second kappa shape index (κ2) is 7.12. The first-order valence-corrected chi connectivity index (χ1v) is 7.29. The molecule has 0 aromatic heterocycles. The Kier molecular flexibility index (Phi) is 6.13. The van der Waals surface area contributed by atoms with Gasteiger partial charge in [-0.2, -0.15) is 11.8 Å². The Morgan fingerprint density at radius 3 is 2.75 bits per heavy atom. The smallest absolute Gasteiger partial charge is 0.220 e. The van der Waals surface area contributed by atoms with Gasteiger partial charge in [-0.25, -0.2) is 0 Å². The molecule has 3 N–H and O–H groups in total. The van der Waals surface area contributed by atoms with Crippen molar-refractivity contribution in [3.05, 3.63) is 0 Å². The molecular formula is C11H20N2OS2. The average Bonchev–Trinajstić information content (AvgIpc) is 2.17. The molecule has 1 aliphatic heterocycles. The highest BCUT2D eigenvalue weighted by atomic mass is 32.2. The van der Waals surface area contributed by atoms with Crippen LogP contribution in [0.5, 0.6) is 0 Å². The summed E-state index contributed by atoms with van der Waals surface area (Å²) in [6, 6.07) is 0.0583. The summed E-state index contributed by atoms with van der Waals surface area (Å²) in [6.07, 6.45) is 3.58. The molecule has 0 radical (unpaired) electrons. The fraction of sp³-hybridized carbons (Fsp3) is 0.818. The van der Waals surface area contributed by atoms with Crippen molar-refractivity contribution in [2.24, 2.45) is 11.7 Å². The third-order valence-corrected chi connectivity index (χ3v) is 3.95. The molecule has 0 saturated carbocycles. The number of thioether (sulfide) groups is 1. The predicted octanol–water partition coefficient (Wildman–Crippen LogP) is 1.70. The maximum atomic E-state index is 11.7. The zero-order valence-corrected chi connectivity index (χ0v) is 11.3. The zero-order valence-electron chi connectivity index (χ0n) is 9.70. The highest BCUT2D eigenvalue weighted by molar-refractivity contribution is 7.99. The highest BCUT2D eigenvalue weighted by Gasteiger charge is 2.18. The first kappa shape index (κ1) is 13.8. The molecule has 1 fully saturated rings. The van der Waals surface area contributed by atoms with Gasteiger partial charge in [0.1, 0.15) is 0 Å². The summed E-state index contributed by atoms with van der Waals surface area (Å²) in [5.41, 5.74) is 5.43. The van der Waals surface area contributed by atoms with E-state index in [9.17, 15) is 4.79 Å². The molecule has 0 bridgehead atoms. The Balaban J connectivity index is 2.21.